The largest absolute Gasteiger partial charge is 0.396 e. The van der Waals surface area contributed by atoms with Crippen molar-refractivity contribution in [3.8, 4) is 0 Å². The molecule has 106 valence electrons. The summed E-state index contributed by atoms with van der Waals surface area (Å²) in [4.78, 5) is 10.8. The first kappa shape index (κ1) is 14.1. The molecule has 1 heterocycles. The molecule has 0 atom stereocenters. The Bertz CT molecular complexity index is 427. The number of hydrogen-bond donors (Lipinski definition) is 2. The van der Waals surface area contributed by atoms with Crippen molar-refractivity contribution in [1.82, 2.24) is 9.97 Å². The Morgan fingerprint density at radius 1 is 1.37 bits per heavy atom. The lowest BCUT2D eigenvalue weighted by atomic mass is 9.87. The fourth-order valence-corrected chi connectivity index (χ4v) is 2.75. The zero-order valence-electron chi connectivity index (χ0n) is 12.1. The van der Waals surface area contributed by atoms with Gasteiger partial charge in [-0.2, -0.15) is 4.98 Å². The van der Waals surface area contributed by atoms with Crippen molar-refractivity contribution in [2.45, 2.75) is 32.6 Å². The van der Waals surface area contributed by atoms with Crippen LogP contribution < -0.4 is 10.2 Å². The third kappa shape index (κ3) is 3.15. The van der Waals surface area contributed by atoms with Crippen LogP contribution in [-0.4, -0.2) is 42.3 Å². The lowest BCUT2D eigenvalue weighted by Crippen LogP contribution is -2.31. The van der Waals surface area contributed by atoms with Crippen molar-refractivity contribution in [3.63, 3.8) is 0 Å². The van der Waals surface area contributed by atoms with E-state index < -0.39 is 0 Å². The minimum atomic E-state index is 0.0204. The molecule has 0 spiro atoms. The fourth-order valence-electron chi connectivity index (χ4n) is 2.75. The van der Waals surface area contributed by atoms with Crippen molar-refractivity contribution in [2.75, 3.05) is 37.5 Å². The van der Waals surface area contributed by atoms with E-state index in [1.165, 1.54) is 12.8 Å². The zero-order valence-corrected chi connectivity index (χ0v) is 12.1. The summed E-state index contributed by atoms with van der Waals surface area (Å²) < 4.78 is 0. The number of aromatic nitrogens is 2. The van der Waals surface area contributed by atoms with Crippen molar-refractivity contribution < 1.29 is 5.11 Å². The molecule has 1 fully saturated rings. The van der Waals surface area contributed by atoms with E-state index in [1.807, 2.05) is 32.1 Å². The lowest BCUT2D eigenvalue weighted by molar-refractivity contribution is 0.142. The highest BCUT2D eigenvalue weighted by Gasteiger charge is 2.33. The van der Waals surface area contributed by atoms with Gasteiger partial charge in [0.1, 0.15) is 5.82 Å². The van der Waals surface area contributed by atoms with Crippen molar-refractivity contribution in [1.29, 1.82) is 0 Å². The van der Waals surface area contributed by atoms with Gasteiger partial charge in [0.25, 0.3) is 0 Å². The normalized spacial score (nSPS) is 17.5. The molecule has 0 radical (unpaired) electrons. The van der Waals surface area contributed by atoms with Gasteiger partial charge in [-0.3, -0.25) is 0 Å². The van der Waals surface area contributed by atoms with E-state index in [9.17, 15) is 5.11 Å². The standard InChI is InChI=1S/C14H24N4O/c1-11-8-15-13(17-12(11)18(2)3)16-9-14(10-19)6-4-5-7-14/h8,19H,4-7,9-10H2,1-3H3,(H,15,16,17). The number of nitrogens with zero attached hydrogens (tertiary/aromatic N) is 3. The molecule has 0 aromatic carbocycles. The summed E-state index contributed by atoms with van der Waals surface area (Å²) >= 11 is 0. The molecule has 1 aromatic heterocycles. The number of aliphatic hydroxyl groups is 1. The number of aliphatic hydroxyl groups excluding tert-OH is 1. The van der Waals surface area contributed by atoms with Crippen LogP contribution in [0.5, 0.6) is 0 Å². The molecule has 2 N–H and O–H groups in total. The Kier molecular flexibility index (Phi) is 4.24. The van der Waals surface area contributed by atoms with Gasteiger partial charge >= 0.3 is 0 Å². The van der Waals surface area contributed by atoms with E-state index in [-0.39, 0.29) is 12.0 Å². The second kappa shape index (κ2) is 5.74. The van der Waals surface area contributed by atoms with Gasteiger partial charge in [0.05, 0.1) is 6.61 Å². The average Bonchev–Trinajstić information content (AvgIpc) is 2.87. The summed E-state index contributed by atoms with van der Waals surface area (Å²) in [5.74, 6) is 1.58. The first-order valence-corrected chi connectivity index (χ1v) is 6.92. The molecular formula is C14H24N4O. The number of rotatable bonds is 5. The van der Waals surface area contributed by atoms with E-state index in [2.05, 4.69) is 15.3 Å². The summed E-state index contributed by atoms with van der Waals surface area (Å²) in [5, 5.41) is 12.9. The molecule has 0 bridgehead atoms. The Labute approximate surface area is 115 Å². The quantitative estimate of drug-likeness (QED) is 0.849. The Balaban J connectivity index is 2.05. The van der Waals surface area contributed by atoms with Gasteiger partial charge in [-0.1, -0.05) is 12.8 Å². The van der Waals surface area contributed by atoms with Gasteiger partial charge in [-0.25, -0.2) is 4.98 Å². The van der Waals surface area contributed by atoms with Crippen LogP contribution in [0.4, 0.5) is 11.8 Å². The third-order valence-corrected chi connectivity index (χ3v) is 3.99. The number of hydrogen-bond acceptors (Lipinski definition) is 5. The van der Waals surface area contributed by atoms with Gasteiger partial charge in [0, 0.05) is 37.8 Å². The highest BCUT2D eigenvalue weighted by atomic mass is 16.3. The molecule has 0 aliphatic heterocycles. The Morgan fingerprint density at radius 3 is 2.63 bits per heavy atom. The zero-order chi connectivity index (χ0) is 13.9. The molecule has 0 unspecified atom stereocenters. The average molecular weight is 264 g/mol. The summed E-state index contributed by atoms with van der Waals surface area (Å²) in [7, 11) is 3.95. The van der Waals surface area contributed by atoms with Crippen LogP contribution in [0.2, 0.25) is 0 Å². The second-order valence-electron chi connectivity index (χ2n) is 5.81. The Morgan fingerprint density at radius 2 is 2.05 bits per heavy atom. The summed E-state index contributed by atoms with van der Waals surface area (Å²) in [6.07, 6.45) is 6.43. The van der Waals surface area contributed by atoms with Crippen LogP contribution >= 0.6 is 0 Å². The molecule has 5 heteroatoms. The molecule has 5 nitrogen and oxygen atoms in total. The summed E-state index contributed by atoms with van der Waals surface area (Å²) in [6.45, 7) is 3.00. The minimum Gasteiger partial charge on any atom is -0.396 e. The van der Waals surface area contributed by atoms with E-state index in [0.29, 0.717) is 5.95 Å². The van der Waals surface area contributed by atoms with E-state index >= 15 is 0 Å². The van der Waals surface area contributed by atoms with Crippen LogP contribution in [0.25, 0.3) is 0 Å². The summed E-state index contributed by atoms with van der Waals surface area (Å²) in [5.41, 5.74) is 1.08. The molecule has 0 amide bonds. The van der Waals surface area contributed by atoms with Gasteiger partial charge < -0.3 is 15.3 Å². The molecule has 2 rings (SSSR count). The SMILES string of the molecule is Cc1cnc(NCC2(CO)CCCC2)nc1N(C)C. The highest BCUT2D eigenvalue weighted by Crippen LogP contribution is 2.37. The molecule has 1 aliphatic rings. The van der Waals surface area contributed by atoms with Crippen LogP contribution in [-0.2, 0) is 0 Å². The van der Waals surface area contributed by atoms with Crippen LogP contribution in [0.3, 0.4) is 0 Å². The lowest BCUT2D eigenvalue weighted by Gasteiger charge is -2.26. The predicted molar refractivity (Wildman–Crippen MR) is 77.6 cm³/mol. The number of nitrogens with one attached hydrogen (secondary N) is 1. The predicted octanol–water partition coefficient (Wildman–Crippen LogP) is 1.82. The topological polar surface area (TPSA) is 61.3 Å². The first-order valence-electron chi connectivity index (χ1n) is 6.92. The smallest absolute Gasteiger partial charge is 0.224 e. The summed E-state index contributed by atoms with van der Waals surface area (Å²) in [6, 6.07) is 0. The molecular weight excluding hydrogens is 240 g/mol. The van der Waals surface area contributed by atoms with Gasteiger partial charge in [0.2, 0.25) is 5.95 Å². The van der Waals surface area contributed by atoms with Crippen LogP contribution in [0.1, 0.15) is 31.2 Å². The molecule has 1 aromatic rings. The Hall–Kier alpha value is -1.36. The maximum Gasteiger partial charge on any atom is 0.224 e. The van der Waals surface area contributed by atoms with Crippen molar-refractivity contribution in [3.05, 3.63) is 11.8 Å². The van der Waals surface area contributed by atoms with Crippen molar-refractivity contribution in [2.24, 2.45) is 5.41 Å². The van der Waals surface area contributed by atoms with E-state index in [4.69, 9.17) is 0 Å². The third-order valence-electron chi connectivity index (χ3n) is 3.99. The minimum absolute atomic E-state index is 0.0204. The highest BCUT2D eigenvalue weighted by molar-refractivity contribution is 5.47. The molecule has 0 saturated heterocycles. The maximum atomic E-state index is 9.59. The number of anilines is 2. The maximum absolute atomic E-state index is 9.59. The van der Waals surface area contributed by atoms with E-state index in [0.717, 1.165) is 30.8 Å². The molecule has 1 saturated carbocycles. The number of aryl methyl sites for hydroxylation is 1. The molecule has 19 heavy (non-hydrogen) atoms. The first-order chi connectivity index (χ1) is 9.06. The van der Waals surface area contributed by atoms with Crippen LogP contribution in [0.15, 0.2) is 6.20 Å². The van der Waals surface area contributed by atoms with Crippen molar-refractivity contribution >= 4 is 11.8 Å². The van der Waals surface area contributed by atoms with Gasteiger partial charge in [-0.15, -0.1) is 0 Å². The monoisotopic (exact) mass is 264 g/mol. The van der Waals surface area contributed by atoms with E-state index in [1.54, 1.807) is 0 Å². The molecule has 1 aliphatic carbocycles. The van der Waals surface area contributed by atoms with Crippen LogP contribution in [0, 0.1) is 12.3 Å². The second-order valence-corrected chi connectivity index (χ2v) is 5.81. The van der Waals surface area contributed by atoms with Gasteiger partial charge in [-0.05, 0) is 19.8 Å². The van der Waals surface area contributed by atoms with Gasteiger partial charge in [0.15, 0.2) is 0 Å². The fraction of sp³-hybridized carbons (Fsp3) is 0.714.